The van der Waals surface area contributed by atoms with Gasteiger partial charge in [0.2, 0.25) is 5.91 Å². The maximum absolute atomic E-state index is 11.6. The zero-order valence-corrected chi connectivity index (χ0v) is 7.47. The molecule has 0 unspecified atom stereocenters. The van der Waals surface area contributed by atoms with Crippen molar-refractivity contribution >= 4 is 5.91 Å². The molecule has 0 aromatic heterocycles. The van der Waals surface area contributed by atoms with E-state index in [2.05, 4.69) is 24.4 Å². The molecule has 1 fully saturated rings. The molecule has 1 heterocycles. The summed E-state index contributed by atoms with van der Waals surface area (Å²) in [4.78, 5) is 11.6. The van der Waals surface area contributed by atoms with Crippen LogP contribution in [-0.4, -0.2) is 12.5 Å². The predicted octanol–water partition coefficient (Wildman–Crippen LogP) is 1.48. The molecule has 1 atom stereocenters. The van der Waals surface area contributed by atoms with E-state index < -0.39 is 0 Å². The van der Waals surface area contributed by atoms with Gasteiger partial charge in [0.05, 0.1) is 5.41 Å². The highest BCUT2D eigenvalue weighted by Crippen LogP contribution is 2.41. The minimum atomic E-state index is -0.0579. The van der Waals surface area contributed by atoms with E-state index in [1.54, 1.807) is 0 Å². The normalized spacial score (nSPS) is 32.4. The quantitative estimate of drug-likeness (QED) is 0.541. The van der Waals surface area contributed by atoms with Crippen molar-refractivity contribution < 1.29 is 4.79 Å². The molecule has 2 rings (SSSR count). The van der Waals surface area contributed by atoms with Gasteiger partial charge in [-0.25, -0.2) is 0 Å². The fourth-order valence-electron chi connectivity index (χ4n) is 2.34. The number of allylic oxidation sites excluding steroid dienone is 2. The number of piperidine rings is 1. The summed E-state index contributed by atoms with van der Waals surface area (Å²) in [5.41, 5.74) is -0.0579. The van der Waals surface area contributed by atoms with E-state index in [1.165, 1.54) is 0 Å². The molecule has 0 aromatic carbocycles. The van der Waals surface area contributed by atoms with E-state index in [1.807, 2.05) is 0 Å². The Morgan fingerprint density at radius 3 is 2.83 bits per heavy atom. The number of rotatable bonds is 0. The second kappa shape index (κ2) is 2.61. The number of amides is 1. The van der Waals surface area contributed by atoms with Crippen molar-refractivity contribution in [2.24, 2.45) is 11.3 Å². The summed E-state index contributed by atoms with van der Waals surface area (Å²) in [6.45, 7) is 3.07. The minimum absolute atomic E-state index is 0.0579. The lowest BCUT2D eigenvalue weighted by Gasteiger charge is -2.35. The van der Waals surface area contributed by atoms with Crippen LogP contribution >= 0.6 is 0 Å². The average Bonchev–Trinajstić information content (AvgIpc) is 2.48. The molecule has 0 radical (unpaired) electrons. The van der Waals surface area contributed by atoms with Gasteiger partial charge in [0.25, 0.3) is 0 Å². The third kappa shape index (κ3) is 1.06. The molecule has 2 nitrogen and oxygen atoms in total. The zero-order valence-electron chi connectivity index (χ0n) is 7.47. The Hall–Kier alpha value is -0.790. The Kier molecular flexibility index (Phi) is 1.71. The number of hydrogen-bond donors (Lipinski definition) is 1. The first-order chi connectivity index (χ1) is 5.73. The van der Waals surface area contributed by atoms with Gasteiger partial charge in [0, 0.05) is 6.54 Å². The van der Waals surface area contributed by atoms with E-state index in [0.29, 0.717) is 5.92 Å². The SMILES string of the molecule is C[C@@H]1CNC(=O)C2(CC=CC2)C1. The number of hydrogen-bond acceptors (Lipinski definition) is 1. The van der Waals surface area contributed by atoms with Gasteiger partial charge in [-0.1, -0.05) is 19.1 Å². The van der Waals surface area contributed by atoms with Gasteiger partial charge in [0.15, 0.2) is 0 Å². The molecule has 2 aliphatic rings. The first-order valence-electron chi connectivity index (χ1n) is 4.66. The highest BCUT2D eigenvalue weighted by atomic mass is 16.2. The first kappa shape index (κ1) is 7.84. The summed E-state index contributed by atoms with van der Waals surface area (Å²) in [6.07, 6.45) is 7.23. The summed E-state index contributed by atoms with van der Waals surface area (Å²) < 4.78 is 0. The maximum atomic E-state index is 11.6. The van der Waals surface area contributed by atoms with Crippen molar-refractivity contribution in [3.05, 3.63) is 12.2 Å². The Labute approximate surface area is 73.0 Å². The molecule has 1 spiro atoms. The molecule has 0 bridgehead atoms. The van der Waals surface area contributed by atoms with Gasteiger partial charge >= 0.3 is 0 Å². The third-order valence-corrected chi connectivity index (χ3v) is 3.02. The van der Waals surface area contributed by atoms with Crippen LogP contribution in [0.4, 0.5) is 0 Å². The second-order valence-electron chi connectivity index (χ2n) is 4.18. The van der Waals surface area contributed by atoms with Crippen LogP contribution in [0.1, 0.15) is 26.2 Å². The number of nitrogens with one attached hydrogen (secondary N) is 1. The lowest BCUT2D eigenvalue weighted by atomic mass is 9.74. The fourth-order valence-corrected chi connectivity index (χ4v) is 2.34. The van der Waals surface area contributed by atoms with E-state index in [-0.39, 0.29) is 11.3 Å². The summed E-state index contributed by atoms with van der Waals surface area (Å²) >= 11 is 0. The molecule has 1 aliphatic heterocycles. The van der Waals surface area contributed by atoms with Crippen LogP contribution in [0, 0.1) is 11.3 Å². The van der Waals surface area contributed by atoms with Crippen LogP contribution in [0.3, 0.4) is 0 Å². The molecular formula is C10H15NO. The molecule has 1 amide bonds. The van der Waals surface area contributed by atoms with Crippen LogP contribution in [-0.2, 0) is 4.79 Å². The van der Waals surface area contributed by atoms with Crippen molar-refractivity contribution in [3.63, 3.8) is 0 Å². The number of carbonyl (C=O) groups is 1. The third-order valence-electron chi connectivity index (χ3n) is 3.02. The molecule has 0 saturated carbocycles. The molecule has 2 heteroatoms. The zero-order chi connectivity index (χ0) is 8.60. The molecule has 1 N–H and O–H groups in total. The van der Waals surface area contributed by atoms with Gasteiger partial charge in [-0.3, -0.25) is 4.79 Å². The Morgan fingerprint density at radius 2 is 2.17 bits per heavy atom. The molecule has 66 valence electrons. The standard InChI is InChI=1S/C10H15NO/c1-8-6-10(4-2-3-5-10)9(12)11-7-8/h2-3,8H,4-7H2,1H3,(H,11,12)/t8-/m0/s1. The van der Waals surface area contributed by atoms with Crippen molar-refractivity contribution in [3.8, 4) is 0 Å². The second-order valence-corrected chi connectivity index (χ2v) is 4.18. The van der Waals surface area contributed by atoms with Crippen LogP contribution in [0.25, 0.3) is 0 Å². The Bertz CT molecular complexity index is 224. The van der Waals surface area contributed by atoms with Crippen LogP contribution < -0.4 is 5.32 Å². The first-order valence-corrected chi connectivity index (χ1v) is 4.66. The van der Waals surface area contributed by atoms with Crippen LogP contribution in [0.15, 0.2) is 12.2 Å². The van der Waals surface area contributed by atoms with Gasteiger partial charge in [-0.05, 0) is 25.2 Å². The smallest absolute Gasteiger partial charge is 0.226 e. The topological polar surface area (TPSA) is 29.1 Å². The summed E-state index contributed by atoms with van der Waals surface area (Å²) in [6, 6.07) is 0. The molecular weight excluding hydrogens is 150 g/mol. The lowest BCUT2D eigenvalue weighted by Crippen LogP contribution is -2.47. The van der Waals surface area contributed by atoms with E-state index in [0.717, 1.165) is 25.8 Å². The molecule has 1 saturated heterocycles. The lowest BCUT2D eigenvalue weighted by molar-refractivity contribution is -0.134. The van der Waals surface area contributed by atoms with Crippen LogP contribution in [0.2, 0.25) is 0 Å². The van der Waals surface area contributed by atoms with Crippen molar-refractivity contribution in [2.75, 3.05) is 6.54 Å². The average molecular weight is 165 g/mol. The Balaban J connectivity index is 2.16. The van der Waals surface area contributed by atoms with Gasteiger partial charge in [-0.15, -0.1) is 0 Å². The summed E-state index contributed by atoms with van der Waals surface area (Å²) in [5, 5.41) is 2.99. The predicted molar refractivity (Wildman–Crippen MR) is 47.6 cm³/mol. The fraction of sp³-hybridized carbons (Fsp3) is 0.700. The van der Waals surface area contributed by atoms with Crippen molar-refractivity contribution in [1.82, 2.24) is 5.32 Å². The molecule has 0 aromatic rings. The van der Waals surface area contributed by atoms with Crippen molar-refractivity contribution in [1.29, 1.82) is 0 Å². The van der Waals surface area contributed by atoms with Gasteiger partial charge in [0.1, 0.15) is 0 Å². The largest absolute Gasteiger partial charge is 0.355 e. The maximum Gasteiger partial charge on any atom is 0.226 e. The van der Waals surface area contributed by atoms with E-state index in [9.17, 15) is 4.79 Å². The monoisotopic (exact) mass is 165 g/mol. The highest BCUT2D eigenvalue weighted by molar-refractivity contribution is 5.84. The highest BCUT2D eigenvalue weighted by Gasteiger charge is 2.42. The van der Waals surface area contributed by atoms with Crippen molar-refractivity contribution in [2.45, 2.75) is 26.2 Å². The summed E-state index contributed by atoms with van der Waals surface area (Å²) in [7, 11) is 0. The number of carbonyl (C=O) groups excluding carboxylic acids is 1. The van der Waals surface area contributed by atoms with E-state index in [4.69, 9.17) is 0 Å². The molecule has 12 heavy (non-hydrogen) atoms. The van der Waals surface area contributed by atoms with Crippen LogP contribution in [0.5, 0.6) is 0 Å². The Morgan fingerprint density at radius 1 is 1.50 bits per heavy atom. The minimum Gasteiger partial charge on any atom is -0.355 e. The van der Waals surface area contributed by atoms with E-state index >= 15 is 0 Å². The van der Waals surface area contributed by atoms with Gasteiger partial charge < -0.3 is 5.32 Å². The molecule has 1 aliphatic carbocycles. The summed E-state index contributed by atoms with van der Waals surface area (Å²) in [5.74, 6) is 0.910. The van der Waals surface area contributed by atoms with Gasteiger partial charge in [-0.2, -0.15) is 0 Å².